The molecule has 0 fully saturated rings. The molecule has 4 aromatic carbocycles. The predicted octanol–water partition coefficient (Wildman–Crippen LogP) is 7.87. The Morgan fingerprint density at radius 2 is 1.39 bits per heavy atom. The lowest BCUT2D eigenvalue weighted by Gasteiger charge is -2.17. The zero-order chi connectivity index (χ0) is 26.9. The molecule has 4 nitrogen and oxygen atoms in total. The van der Waals surface area contributed by atoms with Crippen LogP contribution in [0.25, 0.3) is 22.1 Å². The number of esters is 1. The van der Waals surface area contributed by atoms with Crippen LogP contribution in [0.2, 0.25) is 5.02 Å². The summed E-state index contributed by atoms with van der Waals surface area (Å²) in [6.07, 6.45) is -4.99. The Morgan fingerprint density at radius 1 is 0.816 bits per heavy atom. The Morgan fingerprint density at radius 3 is 1.97 bits per heavy atom. The fourth-order valence-electron chi connectivity index (χ4n) is 4.28. The first-order valence-electron chi connectivity index (χ1n) is 11.5. The molecule has 0 saturated heterocycles. The third-order valence-corrected chi connectivity index (χ3v) is 6.31. The molecule has 5 aromatic rings. The molecule has 0 unspecified atom stereocenters. The molecular weight excluding hydrogens is 517 g/mol. The Balaban J connectivity index is 1.59. The van der Waals surface area contributed by atoms with Gasteiger partial charge in [-0.1, -0.05) is 90.5 Å². The average molecular weight is 535 g/mol. The molecule has 1 aromatic heterocycles. The van der Waals surface area contributed by atoms with Crippen molar-refractivity contribution in [2.45, 2.75) is 12.1 Å². The van der Waals surface area contributed by atoms with Crippen LogP contribution in [0.15, 0.2) is 112 Å². The summed E-state index contributed by atoms with van der Waals surface area (Å²) >= 11 is 6.11. The topological polar surface area (TPSA) is 56.5 Å². The van der Waals surface area contributed by atoms with Gasteiger partial charge in [0, 0.05) is 16.7 Å². The quantitative estimate of drug-likeness (QED) is 0.170. The van der Waals surface area contributed by atoms with Gasteiger partial charge in [0.15, 0.2) is 0 Å². The van der Waals surface area contributed by atoms with E-state index in [2.05, 4.69) is 0 Å². The van der Waals surface area contributed by atoms with E-state index in [0.29, 0.717) is 11.1 Å². The van der Waals surface area contributed by atoms with E-state index < -0.39 is 34.8 Å². The maximum Gasteiger partial charge on any atom is 0.450 e. The van der Waals surface area contributed by atoms with Gasteiger partial charge < -0.3 is 9.15 Å². The van der Waals surface area contributed by atoms with Gasteiger partial charge in [0.2, 0.25) is 11.2 Å². The fraction of sp³-hybridized carbons (Fsp3) is 0.0667. The molecule has 0 atom stereocenters. The van der Waals surface area contributed by atoms with Crippen molar-refractivity contribution in [3.8, 4) is 16.9 Å². The van der Waals surface area contributed by atoms with Crippen LogP contribution < -0.4 is 10.2 Å². The molecule has 1 heterocycles. The van der Waals surface area contributed by atoms with E-state index >= 15 is 0 Å². The standard InChI is InChI=1S/C30H18ClF3O4/c31-23-14-8-7-13-21(23)26-27(35)22-16-15-20(17-24(22)38-28(26)30(32,33)34)37-29(36)25(18-9-3-1-4-10-18)19-11-5-2-6-12-19/h1-17,25H. The van der Waals surface area contributed by atoms with Gasteiger partial charge in [-0.25, -0.2) is 0 Å². The highest BCUT2D eigenvalue weighted by Gasteiger charge is 2.40. The second kappa shape index (κ2) is 10.2. The molecule has 0 radical (unpaired) electrons. The molecule has 38 heavy (non-hydrogen) atoms. The molecule has 0 aliphatic carbocycles. The van der Waals surface area contributed by atoms with Crippen LogP contribution in [0, 0.1) is 0 Å². The number of carbonyl (C=O) groups is 1. The molecule has 0 N–H and O–H groups in total. The lowest BCUT2D eigenvalue weighted by Crippen LogP contribution is -2.20. The first-order valence-corrected chi connectivity index (χ1v) is 11.9. The Kier molecular flexibility index (Phi) is 6.78. The van der Waals surface area contributed by atoms with Crippen LogP contribution in [0.5, 0.6) is 5.75 Å². The normalized spacial score (nSPS) is 11.6. The Labute approximate surface area is 219 Å². The van der Waals surface area contributed by atoms with E-state index in [1.807, 2.05) is 12.1 Å². The van der Waals surface area contributed by atoms with E-state index in [1.165, 1.54) is 30.3 Å². The second-order valence-electron chi connectivity index (χ2n) is 8.45. The largest absolute Gasteiger partial charge is 0.450 e. The smallest absolute Gasteiger partial charge is 0.450 e. The van der Waals surface area contributed by atoms with E-state index in [-0.39, 0.29) is 27.3 Å². The van der Waals surface area contributed by atoms with Gasteiger partial charge in [-0.2, -0.15) is 13.2 Å². The van der Waals surface area contributed by atoms with Gasteiger partial charge in [-0.15, -0.1) is 0 Å². The van der Waals surface area contributed by atoms with Gasteiger partial charge in [0.25, 0.3) is 0 Å². The lowest BCUT2D eigenvalue weighted by molar-refractivity contribution is -0.152. The van der Waals surface area contributed by atoms with Crippen molar-refractivity contribution in [1.82, 2.24) is 0 Å². The van der Waals surface area contributed by atoms with Gasteiger partial charge in [0.05, 0.1) is 10.9 Å². The number of fused-ring (bicyclic) bond motifs is 1. The van der Waals surface area contributed by atoms with Gasteiger partial charge in [0.1, 0.15) is 17.3 Å². The molecule has 5 rings (SSSR count). The molecule has 0 saturated carbocycles. The highest BCUT2D eigenvalue weighted by Crippen LogP contribution is 2.40. The summed E-state index contributed by atoms with van der Waals surface area (Å²) in [5.41, 5.74) is -0.704. The van der Waals surface area contributed by atoms with Crippen molar-refractivity contribution in [1.29, 1.82) is 0 Å². The highest BCUT2D eigenvalue weighted by molar-refractivity contribution is 6.33. The van der Waals surface area contributed by atoms with Gasteiger partial charge in [-0.3, -0.25) is 9.59 Å². The first-order chi connectivity index (χ1) is 18.2. The predicted molar refractivity (Wildman–Crippen MR) is 138 cm³/mol. The minimum atomic E-state index is -4.99. The van der Waals surface area contributed by atoms with E-state index in [1.54, 1.807) is 54.6 Å². The highest BCUT2D eigenvalue weighted by atomic mass is 35.5. The summed E-state index contributed by atoms with van der Waals surface area (Å²) in [4.78, 5) is 26.5. The first kappa shape index (κ1) is 25.3. The molecular formula is C30H18ClF3O4. The monoisotopic (exact) mass is 534 g/mol. The summed E-state index contributed by atoms with van der Waals surface area (Å²) in [6, 6.07) is 27.4. The van der Waals surface area contributed by atoms with E-state index in [9.17, 15) is 22.8 Å². The van der Waals surface area contributed by atoms with Crippen molar-refractivity contribution < 1.29 is 27.1 Å². The third-order valence-electron chi connectivity index (χ3n) is 5.98. The number of halogens is 4. The summed E-state index contributed by atoms with van der Waals surface area (Å²) in [5.74, 6) is -2.99. The summed E-state index contributed by atoms with van der Waals surface area (Å²) in [7, 11) is 0. The summed E-state index contributed by atoms with van der Waals surface area (Å²) in [5, 5.41) is -0.140. The second-order valence-corrected chi connectivity index (χ2v) is 8.85. The van der Waals surface area contributed by atoms with Crippen molar-refractivity contribution in [2.75, 3.05) is 0 Å². The molecule has 0 spiro atoms. The van der Waals surface area contributed by atoms with E-state index in [4.69, 9.17) is 20.8 Å². The molecule has 190 valence electrons. The van der Waals surface area contributed by atoms with Crippen LogP contribution in [0.3, 0.4) is 0 Å². The van der Waals surface area contributed by atoms with Crippen LogP contribution in [0.4, 0.5) is 13.2 Å². The summed E-state index contributed by atoms with van der Waals surface area (Å²) < 4.78 is 52.8. The van der Waals surface area contributed by atoms with Crippen molar-refractivity contribution in [2.24, 2.45) is 0 Å². The van der Waals surface area contributed by atoms with E-state index in [0.717, 1.165) is 6.07 Å². The van der Waals surface area contributed by atoms with Crippen molar-refractivity contribution in [3.63, 3.8) is 0 Å². The number of benzene rings is 4. The molecule has 0 bridgehead atoms. The fourth-order valence-corrected chi connectivity index (χ4v) is 4.51. The Bertz CT molecular complexity index is 1640. The molecule has 0 aliphatic heterocycles. The maximum atomic E-state index is 14.0. The number of rotatable bonds is 5. The average Bonchev–Trinajstić information content (AvgIpc) is 2.90. The number of alkyl halides is 3. The molecule has 8 heteroatoms. The zero-order valence-electron chi connectivity index (χ0n) is 19.5. The van der Waals surface area contributed by atoms with Crippen LogP contribution in [-0.2, 0) is 11.0 Å². The SMILES string of the molecule is O=C(Oc1ccc2c(=O)c(-c3ccccc3Cl)c(C(F)(F)F)oc2c1)C(c1ccccc1)c1ccccc1. The van der Waals surface area contributed by atoms with Crippen molar-refractivity contribution >= 4 is 28.5 Å². The minimum Gasteiger partial charge on any atom is -0.450 e. The summed E-state index contributed by atoms with van der Waals surface area (Å²) in [6.45, 7) is 0. The third kappa shape index (κ3) is 4.93. The number of ether oxygens (including phenoxy) is 1. The number of hydrogen-bond donors (Lipinski definition) is 0. The van der Waals surface area contributed by atoms with Crippen LogP contribution in [-0.4, -0.2) is 5.97 Å². The molecule has 0 amide bonds. The van der Waals surface area contributed by atoms with Crippen LogP contribution in [0.1, 0.15) is 22.8 Å². The van der Waals surface area contributed by atoms with Crippen molar-refractivity contribution in [3.05, 3.63) is 135 Å². The molecule has 0 aliphatic rings. The van der Waals surface area contributed by atoms with Gasteiger partial charge in [-0.05, 0) is 29.3 Å². The minimum absolute atomic E-state index is 0.0249. The zero-order valence-corrected chi connectivity index (χ0v) is 20.3. The maximum absolute atomic E-state index is 14.0. The number of carbonyl (C=O) groups excluding carboxylic acids is 1. The number of hydrogen-bond acceptors (Lipinski definition) is 4. The van der Waals surface area contributed by atoms with Crippen LogP contribution >= 0.6 is 11.6 Å². The Hall–Kier alpha value is -4.36. The van der Waals surface area contributed by atoms with Gasteiger partial charge >= 0.3 is 12.1 Å². The lowest BCUT2D eigenvalue weighted by atomic mass is 9.91.